The molecule has 0 aromatic heterocycles. The number of hydrogen-bond acceptors (Lipinski definition) is 2. The van der Waals surface area contributed by atoms with E-state index >= 15 is 0 Å². The SMILES string of the molecule is O=C(NCCc1ccc(CO)cc1)c1c(F)cccc1Cl. The van der Waals surface area contributed by atoms with E-state index in [1.54, 1.807) is 0 Å². The molecule has 0 fully saturated rings. The Hall–Kier alpha value is -1.91. The van der Waals surface area contributed by atoms with Crippen LogP contribution in [0.1, 0.15) is 21.5 Å². The van der Waals surface area contributed by atoms with Gasteiger partial charge in [-0.3, -0.25) is 4.79 Å². The summed E-state index contributed by atoms with van der Waals surface area (Å²) in [6.07, 6.45) is 0.615. The Balaban J connectivity index is 1.92. The highest BCUT2D eigenvalue weighted by molar-refractivity contribution is 6.33. The molecule has 0 unspecified atom stereocenters. The van der Waals surface area contributed by atoms with E-state index < -0.39 is 11.7 Å². The van der Waals surface area contributed by atoms with E-state index in [0.717, 1.165) is 11.1 Å². The van der Waals surface area contributed by atoms with Crippen LogP contribution < -0.4 is 5.32 Å². The summed E-state index contributed by atoms with van der Waals surface area (Å²) in [5, 5.41) is 11.7. The molecule has 5 heteroatoms. The van der Waals surface area contributed by atoms with Gasteiger partial charge in [-0.2, -0.15) is 0 Å². The third kappa shape index (κ3) is 4.03. The smallest absolute Gasteiger partial charge is 0.255 e. The first-order valence-electron chi connectivity index (χ1n) is 6.52. The molecule has 1 amide bonds. The van der Waals surface area contributed by atoms with Crippen molar-refractivity contribution in [2.24, 2.45) is 0 Å². The summed E-state index contributed by atoms with van der Waals surface area (Å²) >= 11 is 5.83. The second-order valence-electron chi connectivity index (χ2n) is 4.58. The quantitative estimate of drug-likeness (QED) is 0.892. The maximum absolute atomic E-state index is 13.6. The second-order valence-corrected chi connectivity index (χ2v) is 4.98. The summed E-state index contributed by atoms with van der Waals surface area (Å²) in [6, 6.07) is 11.6. The van der Waals surface area contributed by atoms with E-state index in [0.29, 0.717) is 13.0 Å². The van der Waals surface area contributed by atoms with Crippen molar-refractivity contribution in [3.63, 3.8) is 0 Å². The maximum atomic E-state index is 13.6. The van der Waals surface area contributed by atoms with E-state index in [1.807, 2.05) is 24.3 Å². The minimum Gasteiger partial charge on any atom is -0.392 e. The van der Waals surface area contributed by atoms with Crippen LogP contribution in [0.4, 0.5) is 4.39 Å². The highest BCUT2D eigenvalue weighted by Gasteiger charge is 2.14. The highest BCUT2D eigenvalue weighted by atomic mass is 35.5. The van der Waals surface area contributed by atoms with Gasteiger partial charge in [-0.25, -0.2) is 4.39 Å². The summed E-state index contributed by atoms with van der Waals surface area (Å²) in [5.41, 5.74) is 1.72. The molecule has 0 radical (unpaired) electrons. The lowest BCUT2D eigenvalue weighted by Gasteiger charge is -2.08. The van der Waals surface area contributed by atoms with E-state index in [4.69, 9.17) is 16.7 Å². The number of amides is 1. The van der Waals surface area contributed by atoms with E-state index in [-0.39, 0.29) is 17.2 Å². The van der Waals surface area contributed by atoms with Crippen LogP contribution in [-0.2, 0) is 13.0 Å². The number of hydrogen-bond donors (Lipinski definition) is 2. The van der Waals surface area contributed by atoms with Crippen molar-refractivity contribution in [1.29, 1.82) is 0 Å². The van der Waals surface area contributed by atoms with Crippen molar-refractivity contribution in [3.8, 4) is 0 Å². The lowest BCUT2D eigenvalue weighted by molar-refractivity contribution is 0.0950. The van der Waals surface area contributed by atoms with Crippen LogP contribution in [0, 0.1) is 5.82 Å². The van der Waals surface area contributed by atoms with Crippen molar-refractivity contribution >= 4 is 17.5 Å². The van der Waals surface area contributed by atoms with Gasteiger partial charge < -0.3 is 10.4 Å². The Kier molecular flexibility index (Phi) is 5.31. The third-order valence-electron chi connectivity index (χ3n) is 3.09. The summed E-state index contributed by atoms with van der Waals surface area (Å²) in [6.45, 7) is 0.380. The third-order valence-corrected chi connectivity index (χ3v) is 3.41. The van der Waals surface area contributed by atoms with Gasteiger partial charge in [-0.15, -0.1) is 0 Å². The van der Waals surface area contributed by atoms with Gasteiger partial charge in [0.05, 0.1) is 17.2 Å². The zero-order valence-electron chi connectivity index (χ0n) is 11.3. The number of aliphatic hydroxyl groups excluding tert-OH is 1. The normalized spacial score (nSPS) is 10.4. The average molecular weight is 308 g/mol. The maximum Gasteiger partial charge on any atom is 0.255 e. The molecule has 0 aliphatic rings. The Labute approximate surface area is 127 Å². The predicted molar refractivity (Wildman–Crippen MR) is 79.8 cm³/mol. The summed E-state index contributed by atoms with van der Waals surface area (Å²) in [4.78, 5) is 11.9. The molecular formula is C16H15ClFNO2. The first-order chi connectivity index (χ1) is 10.1. The molecule has 0 spiro atoms. The monoisotopic (exact) mass is 307 g/mol. The molecule has 0 heterocycles. The number of rotatable bonds is 5. The number of halogens is 2. The highest BCUT2D eigenvalue weighted by Crippen LogP contribution is 2.18. The van der Waals surface area contributed by atoms with Crippen molar-refractivity contribution in [1.82, 2.24) is 5.32 Å². The van der Waals surface area contributed by atoms with Gasteiger partial charge in [-0.1, -0.05) is 41.9 Å². The van der Waals surface area contributed by atoms with Crippen LogP contribution in [-0.4, -0.2) is 17.6 Å². The van der Waals surface area contributed by atoms with E-state index in [1.165, 1.54) is 18.2 Å². The number of carbonyl (C=O) groups is 1. The molecule has 0 bridgehead atoms. The fourth-order valence-corrected chi connectivity index (χ4v) is 2.18. The Morgan fingerprint density at radius 3 is 2.43 bits per heavy atom. The number of benzene rings is 2. The van der Waals surface area contributed by atoms with Crippen molar-refractivity contribution in [2.45, 2.75) is 13.0 Å². The lowest BCUT2D eigenvalue weighted by Crippen LogP contribution is -2.26. The predicted octanol–water partition coefficient (Wildman–Crippen LogP) is 2.94. The summed E-state index contributed by atoms with van der Waals surface area (Å²) in [7, 11) is 0. The lowest BCUT2D eigenvalue weighted by atomic mass is 10.1. The molecule has 0 saturated carbocycles. The first-order valence-corrected chi connectivity index (χ1v) is 6.90. The van der Waals surface area contributed by atoms with Crippen LogP contribution in [0.3, 0.4) is 0 Å². The largest absolute Gasteiger partial charge is 0.392 e. The van der Waals surface area contributed by atoms with Gasteiger partial charge in [0.15, 0.2) is 0 Å². The van der Waals surface area contributed by atoms with Crippen molar-refractivity contribution in [2.75, 3.05) is 6.54 Å². The van der Waals surface area contributed by atoms with E-state index in [2.05, 4.69) is 5.32 Å². The van der Waals surface area contributed by atoms with Gasteiger partial charge in [0.1, 0.15) is 5.82 Å². The molecule has 2 N–H and O–H groups in total. The van der Waals surface area contributed by atoms with Crippen LogP contribution >= 0.6 is 11.6 Å². The standard InChI is InChI=1S/C16H15ClFNO2/c17-13-2-1-3-14(18)15(13)16(21)19-9-8-11-4-6-12(10-20)7-5-11/h1-7,20H,8-10H2,(H,19,21). The molecule has 110 valence electrons. The molecule has 0 atom stereocenters. The second kappa shape index (κ2) is 7.20. The van der Waals surface area contributed by atoms with Crippen LogP contribution in [0.15, 0.2) is 42.5 Å². The molecule has 0 aliphatic carbocycles. The van der Waals surface area contributed by atoms with Crippen LogP contribution in [0.2, 0.25) is 5.02 Å². The van der Waals surface area contributed by atoms with Crippen LogP contribution in [0.25, 0.3) is 0 Å². The van der Waals surface area contributed by atoms with Crippen molar-refractivity contribution in [3.05, 3.63) is 70.0 Å². The zero-order chi connectivity index (χ0) is 15.2. The van der Waals surface area contributed by atoms with Gasteiger partial charge in [0.25, 0.3) is 5.91 Å². The molecule has 2 rings (SSSR count). The summed E-state index contributed by atoms with van der Waals surface area (Å²) in [5.74, 6) is -1.16. The summed E-state index contributed by atoms with van der Waals surface area (Å²) < 4.78 is 13.6. The molecule has 2 aromatic rings. The Morgan fingerprint density at radius 2 is 1.81 bits per heavy atom. The van der Waals surface area contributed by atoms with Gasteiger partial charge in [0.2, 0.25) is 0 Å². The molecular weight excluding hydrogens is 293 g/mol. The zero-order valence-corrected chi connectivity index (χ0v) is 12.0. The Morgan fingerprint density at radius 1 is 1.14 bits per heavy atom. The minimum atomic E-state index is -0.632. The molecule has 2 aromatic carbocycles. The van der Waals surface area contributed by atoms with Crippen molar-refractivity contribution < 1.29 is 14.3 Å². The molecule has 3 nitrogen and oxygen atoms in total. The van der Waals surface area contributed by atoms with E-state index in [9.17, 15) is 9.18 Å². The number of carbonyl (C=O) groups excluding carboxylic acids is 1. The average Bonchev–Trinajstić information content (AvgIpc) is 2.48. The molecule has 21 heavy (non-hydrogen) atoms. The first kappa shape index (κ1) is 15.5. The Bertz CT molecular complexity index is 608. The minimum absolute atomic E-state index is 0.00278. The molecule has 0 saturated heterocycles. The van der Waals surface area contributed by atoms with Gasteiger partial charge >= 0.3 is 0 Å². The number of nitrogens with one attached hydrogen (secondary N) is 1. The molecule has 0 aliphatic heterocycles. The van der Waals surface area contributed by atoms with Gasteiger partial charge in [0, 0.05) is 6.54 Å². The fraction of sp³-hybridized carbons (Fsp3) is 0.188. The van der Waals surface area contributed by atoms with Gasteiger partial charge in [-0.05, 0) is 29.7 Å². The number of aliphatic hydroxyl groups is 1. The fourth-order valence-electron chi connectivity index (χ4n) is 1.93. The topological polar surface area (TPSA) is 49.3 Å². The van der Waals surface area contributed by atoms with Crippen LogP contribution in [0.5, 0.6) is 0 Å².